The summed E-state index contributed by atoms with van der Waals surface area (Å²) in [7, 11) is 0. The first-order chi connectivity index (χ1) is 13.9. The molecule has 2 aromatic rings. The molecule has 0 spiro atoms. The second-order valence-corrected chi connectivity index (χ2v) is 6.21. The number of nitro benzene ring substituents is 1. The van der Waals surface area contributed by atoms with Gasteiger partial charge in [-0.3, -0.25) is 14.9 Å². The van der Waals surface area contributed by atoms with Crippen molar-refractivity contribution < 1.29 is 24.1 Å². The fourth-order valence-corrected chi connectivity index (χ4v) is 3.12. The minimum atomic E-state index is -0.791. The number of hydrazone groups is 1. The summed E-state index contributed by atoms with van der Waals surface area (Å²) in [6, 6.07) is 4.99. The maximum Gasteiger partial charge on any atom is 0.490 e. The van der Waals surface area contributed by atoms with E-state index in [4.69, 9.17) is 9.47 Å². The molecule has 2 bridgehead atoms. The molecule has 14 heteroatoms. The second kappa shape index (κ2) is 7.33. The molecule has 1 aromatic heterocycles. The number of nitro groups is 2. The van der Waals surface area contributed by atoms with Gasteiger partial charge in [0.25, 0.3) is 11.6 Å². The molecule has 0 aliphatic carbocycles. The second-order valence-electron chi connectivity index (χ2n) is 6.21. The Morgan fingerprint density at radius 2 is 2.07 bits per heavy atom. The average molecular weight is 403 g/mol. The van der Waals surface area contributed by atoms with Crippen LogP contribution < -0.4 is 5.43 Å². The lowest BCUT2D eigenvalue weighted by molar-refractivity contribution is -0.394. The highest BCUT2D eigenvalue weighted by atomic mass is 16.7. The lowest BCUT2D eigenvalue weighted by Gasteiger charge is -2.26. The van der Waals surface area contributed by atoms with Gasteiger partial charge in [-0.05, 0) is 11.0 Å². The van der Waals surface area contributed by atoms with Crippen molar-refractivity contribution in [2.75, 3.05) is 6.61 Å². The predicted molar refractivity (Wildman–Crippen MR) is 92.9 cm³/mol. The molecule has 3 heterocycles. The van der Waals surface area contributed by atoms with E-state index >= 15 is 0 Å². The van der Waals surface area contributed by atoms with Gasteiger partial charge in [-0.1, -0.05) is 17.1 Å². The maximum atomic E-state index is 12.3. The fourth-order valence-electron chi connectivity index (χ4n) is 3.12. The van der Waals surface area contributed by atoms with Crippen LogP contribution in [0.3, 0.4) is 0 Å². The van der Waals surface area contributed by atoms with Gasteiger partial charge in [0.2, 0.25) is 6.33 Å². The van der Waals surface area contributed by atoms with Crippen LogP contribution in [0.2, 0.25) is 0 Å². The van der Waals surface area contributed by atoms with Gasteiger partial charge >= 0.3 is 5.95 Å². The monoisotopic (exact) mass is 403 g/mol. The van der Waals surface area contributed by atoms with Gasteiger partial charge in [-0.15, -0.1) is 0 Å². The van der Waals surface area contributed by atoms with Gasteiger partial charge in [-0.2, -0.15) is 9.78 Å². The Morgan fingerprint density at radius 3 is 2.79 bits per heavy atom. The molecule has 29 heavy (non-hydrogen) atoms. The van der Waals surface area contributed by atoms with Crippen LogP contribution in [0.15, 0.2) is 35.7 Å². The van der Waals surface area contributed by atoms with Crippen LogP contribution in [0.1, 0.15) is 22.8 Å². The van der Waals surface area contributed by atoms with Crippen molar-refractivity contribution in [1.82, 2.24) is 20.2 Å². The van der Waals surface area contributed by atoms with Gasteiger partial charge in [0.15, 0.2) is 6.29 Å². The smallest absolute Gasteiger partial charge is 0.390 e. The minimum Gasteiger partial charge on any atom is -0.390 e. The third kappa shape index (κ3) is 3.53. The highest BCUT2D eigenvalue weighted by molar-refractivity contribution is 5.99. The van der Waals surface area contributed by atoms with E-state index in [-0.39, 0.29) is 24.3 Å². The van der Waals surface area contributed by atoms with E-state index in [2.05, 4.69) is 20.6 Å². The van der Waals surface area contributed by atoms with Crippen molar-refractivity contribution in [3.63, 3.8) is 0 Å². The highest BCUT2D eigenvalue weighted by Crippen LogP contribution is 2.33. The molecule has 3 atom stereocenters. The van der Waals surface area contributed by atoms with Crippen LogP contribution in [0.25, 0.3) is 0 Å². The van der Waals surface area contributed by atoms with E-state index in [1.807, 2.05) is 0 Å². The number of nitrogens with one attached hydrogen (secondary N) is 1. The number of nitrogens with zero attached hydrogens (tertiary/aromatic N) is 6. The summed E-state index contributed by atoms with van der Waals surface area (Å²) in [6.45, 7) is 0.208. The number of para-hydroxylation sites is 1. The average Bonchev–Trinajstić information content (AvgIpc) is 3.36. The zero-order valence-corrected chi connectivity index (χ0v) is 14.6. The molecule has 1 amide bonds. The maximum absolute atomic E-state index is 12.3. The predicted octanol–water partition coefficient (Wildman–Crippen LogP) is 0.567. The summed E-state index contributed by atoms with van der Waals surface area (Å²) in [6.07, 6.45) is 0.244. The SMILES string of the molecule is O=C(N/N=C1\C[C@H](n2cnc([N+](=O)[O-])n2)[C@H]2CO[C@@H]1O2)c1ccccc1[N+](=O)[O-]. The highest BCUT2D eigenvalue weighted by Gasteiger charge is 2.44. The molecule has 2 aliphatic rings. The molecule has 14 nitrogen and oxygen atoms in total. The Morgan fingerprint density at radius 1 is 1.28 bits per heavy atom. The largest absolute Gasteiger partial charge is 0.490 e. The van der Waals surface area contributed by atoms with Crippen LogP contribution in [0.4, 0.5) is 11.6 Å². The Balaban J connectivity index is 1.53. The number of fused-ring (bicyclic) bond motifs is 2. The van der Waals surface area contributed by atoms with Crippen LogP contribution in [0, 0.1) is 20.2 Å². The van der Waals surface area contributed by atoms with Gasteiger partial charge in [0.05, 0.1) is 17.2 Å². The molecular weight excluding hydrogens is 390 g/mol. The van der Waals surface area contributed by atoms with E-state index in [9.17, 15) is 25.0 Å². The van der Waals surface area contributed by atoms with Gasteiger partial charge < -0.3 is 19.6 Å². The zero-order chi connectivity index (χ0) is 20.5. The Labute approximate surface area is 161 Å². The summed E-state index contributed by atoms with van der Waals surface area (Å²) in [5.74, 6) is -1.31. The number of hydrogen-bond acceptors (Lipinski definition) is 10. The van der Waals surface area contributed by atoms with Gasteiger partial charge in [0, 0.05) is 17.6 Å². The summed E-state index contributed by atoms with van der Waals surface area (Å²) >= 11 is 0. The number of benzene rings is 1. The van der Waals surface area contributed by atoms with Crippen molar-refractivity contribution in [1.29, 1.82) is 0 Å². The summed E-state index contributed by atoms with van der Waals surface area (Å²) < 4.78 is 12.5. The van der Waals surface area contributed by atoms with Crippen molar-refractivity contribution in [3.05, 3.63) is 56.4 Å². The number of aromatic nitrogens is 3. The lowest BCUT2D eigenvalue weighted by Crippen LogP contribution is -2.38. The molecular formula is C15H13N7O7. The van der Waals surface area contributed by atoms with Crippen molar-refractivity contribution in [3.8, 4) is 0 Å². The van der Waals surface area contributed by atoms with E-state index in [1.54, 1.807) is 0 Å². The number of carbonyl (C=O) groups excluding carboxylic acids is 1. The normalized spacial score (nSPS) is 24.4. The van der Waals surface area contributed by atoms with Crippen LogP contribution >= 0.6 is 0 Å². The summed E-state index contributed by atoms with van der Waals surface area (Å²) in [4.78, 5) is 36.5. The van der Waals surface area contributed by atoms with Crippen molar-refractivity contribution >= 4 is 23.3 Å². The fraction of sp³-hybridized carbons (Fsp3) is 0.333. The Bertz CT molecular complexity index is 1020. The lowest BCUT2D eigenvalue weighted by atomic mass is 10.0. The van der Waals surface area contributed by atoms with E-state index < -0.39 is 40.1 Å². The number of hydrogen-bond donors (Lipinski definition) is 1. The van der Waals surface area contributed by atoms with Gasteiger partial charge in [-0.25, -0.2) is 5.43 Å². The van der Waals surface area contributed by atoms with Crippen LogP contribution in [-0.4, -0.2) is 55.2 Å². The molecule has 150 valence electrons. The summed E-state index contributed by atoms with van der Waals surface area (Å²) in [5.41, 5.74) is 2.09. The quantitative estimate of drug-likeness (QED) is 0.552. The van der Waals surface area contributed by atoms with E-state index in [0.29, 0.717) is 5.71 Å². The van der Waals surface area contributed by atoms with Crippen molar-refractivity contribution in [2.24, 2.45) is 5.10 Å². The van der Waals surface area contributed by atoms with Crippen molar-refractivity contribution in [2.45, 2.75) is 24.9 Å². The Hall–Kier alpha value is -3.78. The molecule has 2 fully saturated rings. The van der Waals surface area contributed by atoms with Crippen LogP contribution in [0.5, 0.6) is 0 Å². The molecule has 2 saturated heterocycles. The first-order valence-electron chi connectivity index (χ1n) is 8.37. The van der Waals surface area contributed by atoms with Crippen LogP contribution in [-0.2, 0) is 9.47 Å². The summed E-state index contributed by atoms with van der Waals surface area (Å²) in [5, 5.41) is 29.7. The molecule has 4 rings (SSSR count). The molecule has 1 N–H and O–H groups in total. The van der Waals surface area contributed by atoms with Gasteiger partial charge in [0.1, 0.15) is 17.7 Å². The first-order valence-corrected chi connectivity index (χ1v) is 8.37. The number of amides is 1. The topological polar surface area (TPSA) is 177 Å². The number of rotatable bonds is 5. The number of ether oxygens (including phenoxy) is 2. The standard InChI is InChI=1S/C15H13N7O7/c23-13(8-3-1-2-4-10(8)21(24)25)18-17-9-5-11(12-6-28-14(9)29-12)20-7-16-15(19-20)22(26)27/h1-4,7,11-12,14H,5-6H2,(H,18,23)/b17-9+/t11-,12+,14+/m0/s1. The van der Waals surface area contributed by atoms with E-state index in [0.717, 1.165) is 0 Å². The minimum absolute atomic E-state index is 0.146. The zero-order valence-electron chi connectivity index (χ0n) is 14.6. The third-order valence-electron chi connectivity index (χ3n) is 4.48. The molecule has 2 aliphatic heterocycles. The van der Waals surface area contributed by atoms with E-state index in [1.165, 1.54) is 35.3 Å². The molecule has 1 aromatic carbocycles. The number of carbonyl (C=O) groups is 1. The third-order valence-corrected chi connectivity index (χ3v) is 4.48. The first kappa shape index (κ1) is 18.6. The molecule has 0 saturated carbocycles. The molecule has 0 unspecified atom stereocenters. The Kier molecular flexibility index (Phi) is 4.69. The molecule has 0 radical (unpaired) electrons.